The molecule has 1 aliphatic rings. The standard InChI is InChI=1S/C17H22N4O/c1-22-15-4-2-14(3-5-15)16-6-9-19-17(20-16)21-10-7-13(12-18)8-11-21/h2-6,9,13H,7-8,10-12,18H2,1H3. The van der Waals surface area contributed by atoms with Crippen LogP contribution in [0.15, 0.2) is 36.5 Å². The molecule has 116 valence electrons. The summed E-state index contributed by atoms with van der Waals surface area (Å²) < 4.78 is 5.19. The van der Waals surface area contributed by atoms with Gasteiger partial charge in [-0.25, -0.2) is 9.97 Å². The minimum absolute atomic E-state index is 0.640. The fourth-order valence-corrected chi connectivity index (χ4v) is 2.79. The molecule has 0 amide bonds. The Bertz CT molecular complexity index is 606. The molecule has 22 heavy (non-hydrogen) atoms. The minimum atomic E-state index is 0.640. The zero-order valence-corrected chi connectivity index (χ0v) is 12.9. The van der Waals surface area contributed by atoms with Crippen LogP contribution in [0.1, 0.15) is 12.8 Å². The van der Waals surface area contributed by atoms with Crippen molar-refractivity contribution in [2.24, 2.45) is 11.7 Å². The molecule has 3 rings (SSSR count). The lowest BCUT2D eigenvalue weighted by atomic mass is 9.97. The first kappa shape index (κ1) is 14.8. The number of benzene rings is 1. The van der Waals surface area contributed by atoms with Gasteiger partial charge in [-0.1, -0.05) is 0 Å². The van der Waals surface area contributed by atoms with Crippen LogP contribution in [0.25, 0.3) is 11.3 Å². The third-order valence-electron chi connectivity index (χ3n) is 4.26. The van der Waals surface area contributed by atoms with Crippen LogP contribution in [-0.4, -0.2) is 36.7 Å². The summed E-state index contributed by atoms with van der Waals surface area (Å²) in [6.07, 6.45) is 4.07. The van der Waals surface area contributed by atoms with Gasteiger partial charge in [-0.2, -0.15) is 0 Å². The Morgan fingerprint density at radius 2 is 1.91 bits per heavy atom. The molecule has 1 saturated heterocycles. The van der Waals surface area contributed by atoms with E-state index in [4.69, 9.17) is 15.5 Å². The monoisotopic (exact) mass is 298 g/mol. The number of hydrogen-bond acceptors (Lipinski definition) is 5. The molecule has 2 N–H and O–H groups in total. The smallest absolute Gasteiger partial charge is 0.225 e. The second kappa shape index (κ2) is 6.75. The highest BCUT2D eigenvalue weighted by Crippen LogP contribution is 2.24. The first-order valence-electron chi connectivity index (χ1n) is 7.72. The van der Waals surface area contributed by atoms with E-state index in [1.165, 1.54) is 0 Å². The lowest BCUT2D eigenvalue weighted by Crippen LogP contribution is -2.37. The van der Waals surface area contributed by atoms with Gasteiger partial charge in [-0.05, 0) is 55.6 Å². The molecule has 0 unspecified atom stereocenters. The fourth-order valence-electron chi connectivity index (χ4n) is 2.79. The molecule has 2 aromatic rings. The minimum Gasteiger partial charge on any atom is -0.497 e. The van der Waals surface area contributed by atoms with Gasteiger partial charge in [0, 0.05) is 24.8 Å². The molecule has 0 saturated carbocycles. The number of nitrogens with two attached hydrogens (primary N) is 1. The van der Waals surface area contributed by atoms with Crippen molar-refractivity contribution in [1.29, 1.82) is 0 Å². The number of aromatic nitrogens is 2. The molecule has 0 spiro atoms. The van der Waals surface area contributed by atoms with E-state index in [9.17, 15) is 0 Å². The summed E-state index contributed by atoms with van der Waals surface area (Å²) in [4.78, 5) is 11.4. The fraction of sp³-hybridized carbons (Fsp3) is 0.412. The molecule has 2 heterocycles. The van der Waals surface area contributed by atoms with E-state index in [0.717, 1.165) is 55.4 Å². The SMILES string of the molecule is COc1ccc(-c2ccnc(N3CCC(CN)CC3)n2)cc1. The van der Waals surface area contributed by atoms with Crippen LogP contribution in [0.3, 0.4) is 0 Å². The first-order valence-corrected chi connectivity index (χ1v) is 7.72. The molecule has 1 aliphatic heterocycles. The van der Waals surface area contributed by atoms with Crippen molar-refractivity contribution in [3.63, 3.8) is 0 Å². The number of rotatable bonds is 4. The quantitative estimate of drug-likeness (QED) is 0.938. The summed E-state index contributed by atoms with van der Waals surface area (Å²) in [6.45, 7) is 2.74. The van der Waals surface area contributed by atoms with E-state index in [-0.39, 0.29) is 0 Å². The van der Waals surface area contributed by atoms with Gasteiger partial charge in [0.25, 0.3) is 0 Å². The number of anilines is 1. The Kier molecular flexibility index (Phi) is 4.53. The predicted octanol–water partition coefficient (Wildman–Crippen LogP) is 2.33. The first-order chi connectivity index (χ1) is 10.8. The summed E-state index contributed by atoms with van der Waals surface area (Å²) in [5.74, 6) is 2.30. The number of methoxy groups -OCH3 is 1. The van der Waals surface area contributed by atoms with Crippen LogP contribution in [0.4, 0.5) is 5.95 Å². The van der Waals surface area contributed by atoms with Crippen LogP contribution in [0.2, 0.25) is 0 Å². The third kappa shape index (κ3) is 3.20. The van der Waals surface area contributed by atoms with Crippen LogP contribution in [0.5, 0.6) is 5.75 Å². The van der Waals surface area contributed by atoms with Crippen molar-refractivity contribution in [2.75, 3.05) is 31.6 Å². The number of piperidine rings is 1. The zero-order valence-electron chi connectivity index (χ0n) is 12.9. The molecule has 1 aromatic heterocycles. The van der Waals surface area contributed by atoms with Gasteiger partial charge in [0.05, 0.1) is 12.8 Å². The van der Waals surface area contributed by atoms with Gasteiger partial charge in [0.15, 0.2) is 0 Å². The number of ether oxygens (including phenoxy) is 1. The Labute approximate surface area is 131 Å². The highest BCUT2D eigenvalue weighted by molar-refractivity contribution is 5.61. The molecule has 0 atom stereocenters. The van der Waals surface area contributed by atoms with Gasteiger partial charge in [0.2, 0.25) is 5.95 Å². The molecule has 1 aromatic carbocycles. The van der Waals surface area contributed by atoms with Crippen molar-refractivity contribution >= 4 is 5.95 Å². The molecular weight excluding hydrogens is 276 g/mol. The maximum atomic E-state index is 5.75. The molecular formula is C17H22N4O. The summed E-state index contributed by atoms with van der Waals surface area (Å²) in [7, 11) is 1.67. The third-order valence-corrected chi connectivity index (χ3v) is 4.26. The van der Waals surface area contributed by atoms with Crippen LogP contribution >= 0.6 is 0 Å². The van der Waals surface area contributed by atoms with Gasteiger partial charge >= 0.3 is 0 Å². The van der Waals surface area contributed by atoms with Gasteiger partial charge in [0.1, 0.15) is 5.75 Å². The van der Waals surface area contributed by atoms with Crippen molar-refractivity contribution in [1.82, 2.24) is 9.97 Å². The van der Waals surface area contributed by atoms with E-state index in [1.807, 2.05) is 36.5 Å². The molecule has 0 radical (unpaired) electrons. The normalized spacial score (nSPS) is 15.8. The average molecular weight is 298 g/mol. The van der Waals surface area contributed by atoms with Gasteiger partial charge in [-0.15, -0.1) is 0 Å². The number of hydrogen-bond donors (Lipinski definition) is 1. The predicted molar refractivity (Wildman–Crippen MR) is 88.0 cm³/mol. The van der Waals surface area contributed by atoms with Crippen LogP contribution < -0.4 is 15.4 Å². The largest absolute Gasteiger partial charge is 0.497 e. The van der Waals surface area contributed by atoms with Gasteiger partial charge < -0.3 is 15.4 Å². The molecule has 5 heteroatoms. The van der Waals surface area contributed by atoms with E-state index in [2.05, 4.69) is 9.88 Å². The van der Waals surface area contributed by atoms with Crippen LogP contribution in [-0.2, 0) is 0 Å². The molecule has 5 nitrogen and oxygen atoms in total. The summed E-state index contributed by atoms with van der Waals surface area (Å²) >= 11 is 0. The summed E-state index contributed by atoms with van der Waals surface area (Å²) in [5.41, 5.74) is 7.76. The average Bonchev–Trinajstić information content (AvgIpc) is 2.62. The second-order valence-electron chi connectivity index (χ2n) is 5.64. The lowest BCUT2D eigenvalue weighted by Gasteiger charge is -2.31. The Morgan fingerprint density at radius 1 is 1.18 bits per heavy atom. The molecule has 0 bridgehead atoms. The summed E-state index contributed by atoms with van der Waals surface area (Å²) in [6, 6.07) is 9.88. The van der Waals surface area contributed by atoms with E-state index in [0.29, 0.717) is 5.92 Å². The molecule has 1 fully saturated rings. The topological polar surface area (TPSA) is 64.3 Å². The van der Waals surface area contributed by atoms with Crippen LogP contribution in [0, 0.1) is 5.92 Å². The number of nitrogens with zero attached hydrogens (tertiary/aromatic N) is 3. The van der Waals surface area contributed by atoms with Crippen molar-refractivity contribution in [3.8, 4) is 17.0 Å². The highest BCUT2D eigenvalue weighted by atomic mass is 16.5. The lowest BCUT2D eigenvalue weighted by molar-refractivity contribution is 0.411. The molecule has 0 aliphatic carbocycles. The van der Waals surface area contributed by atoms with Crippen molar-refractivity contribution in [3.05, 3.63) is 36.5 Å². The maximum Gasteiger partial charge on any atom is 0.225 e. The van der Waals surface area contributed by atoms with Crippen molar-refractivity contribution in [2.45, 2.75) is 12.8 Å². The van der Waals surface area contributed by atoms with Crippen molar-refractivity contribution < 1.29 is 4.74 Å². The zero-order chi connectivity index (χ0) is 15.4. The Hall–Kier alpha value is -2.14. The summed E-state index contributed by atoms with van der Waals surface area (Å²) in [5, 5.41) is 0. The Balaban J connectivity index is 1.77. The van der Waals surface area contributed by atoms with E-state index in [1.54, 1.807) is 7.11 Å². The van der Waals surface area contributed by atoms with Gasteiger partial charge in [-0.3, -0.25) is 0 Å². The highest BCUT2D eigenvalue weighted by Gasteiger charge is 2.20. The van der Waals surface area contributed by atoms with E-state index >= 15 is 0 Å². The Morgan fingerprint density at radius 3 is 2.55 bits per heavy atom. The van der Waals surface area contributed by atoms with E-state index < -0.39 is 0 Å². The maximum absolute atomic E-state index is 5.75. The second-order valence-corrected chi connectivity index (χ2v) is 5.64.